The number of nitrogens with one attached hydrogen (secondary N) is 1. The number of halogens is 1. The van der Waals surface area contributed by atoms with Crippen molar-refractivity contribution in [1.29, 1.82) is 0 Å². The molecule has 5 heteroatoms. The molecule has 18 heavy (non-hydrogen) atoms. The van der Waals surface area contributed by atoms with Crippen LogP contribution in [-0.2, 0) is 13.6 Å². The maximum atomic E-state index is 6.33. The second-order valence-electron chi connectivity index (χ2n) is 3.96. The Morgan fingerprint density at radius 1 is 1.39 bits per heavy atom. The number of hydrogen-bond acceptors (Lipinski definition) is 3. The molecule has 0 fully saturated rings. The highest BCUT2D eigenvalue weighted by molar-refractivity contribution is 6.32. The highest BCUT2D eigenvalue weighted by Gasteiger charge is 2.16. The van der Waals surface area contributed by atoms with Crippen LogP contribution in [0.15, 0.2) is 24.3 Å². The third-order valence-electron chi connectivity index (χ3n) is 2.81. The van der Waals surface area contributed by atoms with E-state index in [1.54, 1.807) is 7.11 Å². The minimum absolute atomic E-state index is 0.616. The average molecular weight is 266 g/mol. The summed E-state index contributed by atoms with van der Waals surface area (Å²) in [4.78, 5) is 4.57. The highest BCUT2D eigenvalue weighted by Crippen LogP contribution is 2.34. The van der Waals surface area contributed by atoms with Crippen molar-refractivity contribution in [2.75, 3.05) is 14.2 Å². The summed E-state index contributed by atoms with van der Waals surface area (Å²) in [6, 6.07) is 7.72. The fourth-order valence-electron chi connectivity index (χ4n) is 1.85. The second kappa shape index (κ2) is 5.42. The van der Waals surface area contributed by atoms with Gasteiger partial charge in [-0.1, -0.05) is 23.7 Å². The first-order valence-electron chi connectivity index (χ1n) is 5.68. The van der Waals surface area contributed by atoms with E-state index < -0.39 is 0 Å². The zero-order valence-corrected chi connectivity index (χ0v) is 11.5. The molecular weight excluding hydrogens is 250 g/mol. The first-order valence-corrected chi connectivity index (χ1v) is 6.06. The van der Waals surface area contributed by atoms with Crippen LogP contribution in [0.3, 0.4) is 0 Å². The molecule has 1 heterocycles. The third-order valence-corrected chi connectivity index (χ3v) is 3.25. The smallest absolute Gasteiger partial charge is 0.136 e. The summed E-state index contributed by atoms with van der Waals surface area (Å²) in [6.45, 7) is 0.672. The first-order chi connectivity index (χ1) is 8.69. The number of ether oxygens (including phenoxy) is 1. The summed E-state index contributed by atoms with van der Waals surface area (Å²) in [5.74, 6) is 1.66. The van der Waals surface area contributed by atoms with Crippen molar-refractivity contribution in [3.05, 3.63) is 35.2 Å². The summed E-state index contributed by atoms with van der Waals surface area (Å²) in [5, 5.41) is 3.69. The first kappa shape index (κ1) is 12.9. The van der Waals surface area contributed by atoms with Crippen LogP contribution in [0.1, 0.15) is 5.82 Å². The topological polar surface area (TPSA) is 39.1 Å². The number of hydrogen-bond donors (Lipinski definition) is 1. The Morgan fingerprint density at radius 2 is 2.11 bits per heavy atom. The maximum absolute atomic E-state index is 6.33. The highest BCUT2D eigenvalue weighted by atomic mass is 35.5. The fraction of sp³-hybridized carbons (Fsp3) is 0.308. The molecule has 0 spiro atoms. The molecule has 4 nitrogen and oxygen atoms in total. The third kappa shape index (κ3) is 2.21. The van der Waals surface area contributed by atoms with Crippen molar-refractivity contribution in [2.45, 2.75) is 6.54 Å². The van der Waals surface area contributed by atoms with Gasteiger partial charge >= 0.3 is 0 Å². The van der Waals surface area contributed by atoms with Gasteiger partial charge in [-0.2, -0.15) is 0 Å². The maximum Gasteiger partial charge on any atom is 0.136 e. The molecular formula is C13H16ClN3O. The summed E-state index contributed by atoms with van der Waals surface area (Å²) in [6.07, 6.45) is 0. The van der Waals surface area contributed by atoms with Crippen LogP contribution in [0.2, 0.25) is 5.15 Å². The van der Waals surface area contributed by atoms with Gasteiger partial charge in [0, 0.05) is 12.6 Å². The van der Waals surface area contributed by atoms with E-state index in [-0.39, 0.29) is 0 Å². The molecule has 0 saturated carbocycles. The fourth-order valence-corrected chi connectivity index (χ4v) is 2.09. The van der Waals surface area contributed by atoms with Gasteiger partial charge in [-0.3, -0.25) is 0 Å². The van der Waals surface area contributed by atoms with Crippen molar-refractivity contribution < 1.29 is 4.74 Å². The normalized spacial score (nSPS) is 10.7. The molecule has 0 amide bonds. The zero-order valence-electron chi connectivity index (χ0n) is 10.7. The summed E-state index contributed by atoms with van der Waals surface area (Å²) in [7, 11) is 5.43. The predicted molar refractivity (Wildman–Crippen MR) is 73.0 cm³/mol. The van der Waals surface area contributed by atoms with Crippen LogP contribution in [0.4, 0.5) is 0 Å². The molecule has 1 aromatic carbocycles. The van der Waals surface area contributed by atoms with Crippen molar-refractivity contribution in [2.24, 2.45) is 7.05 Å². The SMILES string of the molecule is CNCc1nc(-c2ccccc2OC)c(Cl)n1C. The molecule has 0 aliphatic rings. The Kier molecular flexibility index (Phi) is 3.89. The van der Waals surface area contributed by atoms with Crippen LogP contribution >= 0.6 is 11.6 Å². The number of rotatable bonds is 4. The van der Waals surface area contributed by atoms with Crippen LogP contribution in [-0.4, -0.2) is 23.7 Å². The van der Waals surface area contributed by atoms with Crippen molar-refractivity contribution in [3.63, 3.8) is 0 Å². The average Bonchev–Trinajstić information content (AvgIpc) is 2.67. The molecule has 0 unspecified atom stereocenters. The molecule has 0 saturated heterocycles. The van der Waals surface area contributed by atoms with E-state index in [4.69, 9.17) is 16.3 Å². The van der Waals surface area contributed by atoms with E-state index in [9.17, 15) is 0 Å². The van der Waals surface area contributed by atoms with Gasteiger partial charge in [0.25, 0.3) is 0 Å². The van der Waals surface area contributed by atoms with Crippen LogP contribution < -0.4 is 10.1 Å². The van der Waals surface area contributed by atoms with E-state index >= 15 is 0 Å². The number of para-hydroxylation sites is 1. The zero-order chi connectivity index (χ0) is 13.1. The lowest BCUT2D eigenvalue weighted by Crippen LogP contribution is -2.10. The minimum Gasteiger partial charge on any atom is -0.496 e. The molecule has 2 aromatic rings. The van der Waals surface area contributed by atoms with Crippen LogP contribution in [0.5, 0.6) is 5.75 Å². The Labute approximate surface area is 112 Å². The standard InChI is InChI=1S/C13H16ClN3O/c1-15-8-11-16-12(13(14)17(11)2)9-6-4-5-7-10(9)18-3/h4-7,15H,8H2,1-3H3. The number of benzene rings is 1. The number of aromatic nitrogens is 2. The van der Waals surface area contributed by atoms with E-state index in [2.05, 4.69) is 10.3 Å². The van der Waals surface area contributed by atoms with Crippen LogP contribution in [0.25, 0.3) is 11.3 Å². The van der Waals surface area contributed by atoms with Gasteiger partial charge in [-0.05, 0) is 19.2 Å². The van der Waals surface area contributed by atoms with Gasteiger partial charge < -0.3 is 14.6 Å². The summed E-state index contributed by atoms with van der Waals surface area (Å²) >= 11 is 6.33. The van der Waals surface area contributed by atoms with Crippen molar-refractivity contribution in [3.8, 4) is 17.0 Å². The molecule has 0 atom stereocenters. The van der Waals surface area contributed by atoms with E-state index in [0.29, 0.717) is 11.7 Å². The molecule has 1 aromatic heterocycles. The molecule has 0 radical (unpaired) electrons. The van der Waals surface area contributed by atoms with Crippen molar-refractivity contribution >= 4 is 11.6 Å². The minimum atomic E-state index is 0.616. The molecule has 0 aliphatic carbocycles. The van der Waals surface area contributed by atoms with Crippen molar-refractivity contribution in [1.82, 2.24) is 14.9 Å². The van der Waals surface area contributed by atoms with Gasteiger partial charge in [-0.25, -0.2) is 4.98 Å². The lowest BCUT2D eigenvalue weighted by atomic mass is 10.1. The lowest BCUT2D eigenvalue weighted by molar-refractivity contribution is 0.416. The largest absolute Gasteiger partial charge is 0.496 e. The molecule has 2 rings (SSSR count). The quantitative estimate of drug-likeness (QED) is 0.923. The number of imidazole rings is 1. The lowest BCUT2D eigenvalue weighted by Gasteiger charge is -2.05. The van der Waals surface area contributed by atoms with Crippen LogP contribution in [0, 0.1) is 0 Å². The number of methoxy groups -OCH3 is 1. The molecule has 0 bridgehead atoms. The predicted octanol–water partition coefficient (Wildman–Crippen LogP) is 2.47. The Morgan fingerprint density at radius 3 is 2.78 bits per heavy atom. The van der Waals surface area contributed by atoms with Gasteiger partial charge in [0.2, 0.25) is 0 Å². The van der Waals surface area contributed by atoms with E-state index in [1.165, 1.54) is 0 Å². The Hall–Kier alpha value is -1.52. The second-order valence-corrected chi connectivity index (χ2v) is 4.32. The summed E-state index contributed by atoms with van der Waals surface area (Å²) < 4.78 is 7.22. The number of nitrogens with zero attached hydrogens (tertiary/aromatic N) is 2. The van der Waals surface area contributed by atoms with E-state index in [0.717, 1.165) is 22.8 Å². The van der Waals surface area contributed by atoms with Gasteiger partial charge in [0.05, 0.1) is 13.7 Å². The Balaban J connectivity index is 2.54. The molecule has 0 aliphatic heterocycles. The van der Waals surface area contributed by atoms with E-state index in [1.807, 2.05) is 42.9 Å². The summed E-state index contributed by atoms with van der Waals surface area (Å²) in [5.41, 5.74) is 1.66. The monoisotopic (exact) mass is 265 g/mol. The van der Waals surface area contributed by atoms with Gasteiger partial charge in [0.15, 0.2) is 0 Å². The van der Waals surface area contributed by atoms with Gasteiger partial charge in [-0.15, -0.1) is 0 Å². The molecule has 96 valence electrons. The molecule has 1 N–H and O–H groups in total. The van der Waals surface area contributed by atoms with Gasteiger partial charge in [0.1, 0.15) is 22.4 Å². The Bertz CT molecular complexity index is 551.